The number of halogens is 1. The minimum Gasteiger partial charge on any atom is -0.506 e. The van der Waals surface area contributed by atoms with Crippen LogP contribution in [0.1, 0.15) is 41.4 Å². The zero-order valence-corrected chi connectivity index (χ0v) is 18.0. The summed E-state index contributed by atoms with van der Waals surface area (Å²) >= 11 is 6.09. The van der Waals surface area contributed by atoms with Crippen molar-refractivity contribution in [1.29, 1.82) is 0 Å². The largest absolute Gasteiger partial charge is 0.506 e. The van der Waals surface area contributed by atoms with Gasteiger partial charge in [-0.3, -0.25) is 14.6 Å². The maximum absolute atomic E-state index is 12.9. The van der Waals surface area contributed by atoms with E-state index in [0.717, 1.165) is 24.1 Å². The van der Waals surface area contributed by atoms with Crippen LogP contribution in [0.5, 0.6) is 5.75 Å². The van der Waals surface area contributed by atoms with Crippen LogP contribution in [-0.4, -0.2) is 49.9 Å². The summed E-state index contributed by atoms with van der Waals surface area (Å²) in [7, 11) is 0. The van der Waals surface area contributed by atoms with Crippen molar-refractivity contribution in [2.75, 3.05) is 13.1 Å². The molecule has 2 aromatic heterocycles. The van der Waals surface area contributed by atoms with E-state index in [4.69, 9.17) is 16.6 Å². The number of carbonyl (C=O) groups excluding carboxylic acids is 2. The normalized spacial score (nSPS) is 15.5. The molecule has 3 aromatic rings. The van der Waals surface area contributed by atoms with Gasteiger partial charge in [0.1, 0.15) is 5.75 Å². The van der Waals surface area contributed by atoms with Crippen molar-refractivity contribution in [3.63, 3.8) is 0 Å². The third-order valence-electron chi connectivity index (χ3n) is 5.28. The average molecular weight is 452 g/mol. The minimum absolute atomic E-state index is 0.0512. The molecule has 1 aliphatic rings. The summed E-state index contributed by atoms with van der Waals surface area (Å²) in [6.45, 7) is 0.832. The molecule has 1 atom stereocenters. The fourth-order valence-electron chi connectivity index (χ4n) is 3.78. The number of rotatable bonds is 6. The zero-order chi connectivity index (χ0) is 22.5. The lowest BCUT2D eigenvalue weighted by molar-refractivity contribution is -0.132. The Morgan fingerprint density at radius 2 is 2.09 bits per heavy atom. The van der Waals surface area contributed by atoms with E-state index in [1.54, 1.807) is 12.3 Å². The van der Waals surface area contributed by atoms with Crippen molar-refractivity contribution >= 4 is 23.4 Å². The Morgan fingerprint density at radius 1 is 1.22 bits per heavy atom. The van der Waals surface area contributed by atoms with Crippen molar-refractivity contribution < 1.29 is 14.7 Å². The molecule has 4 rings (SSSR count). The van der Waals surface area contributed by atoms with Gasteiger partial charge >= 0.3 is 0 Å². The number of likely N-dealkylation sites (tertiary alicyclic amines) is 1. The Kier molecular flexibility index (Phi) is 6.61. The molecule has 1 fully saturated rings. The Morgan fingerprint density at radius 3 is 2.91 bits per heavy atom. The monoisotopic (exact) mass is 451 g/mol. The van der Waals surface area contributed by atoms with Gasteiger partial charge in [-0.15, -0.1) is 0 Å². The summed E-state index contributed by atoms with van der Waals surface area (Å²) in [5.74, 6) is 0.0396. The lowest BCUT2D eigenvalue weighted by atomic mass is 10.1. The zero-order valence-electron chi connectivity index (χ0n) is 17.2. The number of benzene rings is 1. The summed E-state index contributed by atoms with van der Waals surface area (Å²) in [4.78, 5) is 39.7. The Labute approximate surface area is 190 Å². The number of carbonyl (C=O) groups is 2. The average Bonchev–Trinajstić information content (AvgIpc) is 3.29. The number of amides is 2. The van der Waals surface area contributed by atoms with Crippen LogP contribution in [0.4, 0.5) is 0 Å². The van der Waals surface area contributed by atoms with E-state index < -0.39 is 0 Å². The fourth-order valence-corrected chi connectivity index (χ4v) is 3.97. The highest BCUT2D eigenvalue weighted by molar-refractivity contribution is 6.30. The standard InChI is InChI=1S/C23H22ClN5O3/c24-17-4-1-3-15(11-17)22-26-8-6-19(28-22)20-5-2-10-29(20)21(31)7-9-27-23(32)16-12-18(30)14-25-13-16/h1,3-4,6,8,11-14,20,30H,2,5,7,9-10H2,(H,27,32). The number of hydrogen-bond acceptors (Lipinski definition) is 6. The first-order valence-electron chi connectivity index (χ1n) is 10.3. The highest BCUT2D eigenvalue weighted by atomic mass is 35.5. The molecular weight excluding hydrogens is 430 g/mol. The first-order chi connectivity index (χ1) is 15.5. The van der Waals surface area contributed by atoms with Gasteiger partial charge in [-0.2, -0.15) is 0 Å². The molecule has 1 aliphatic heterocycles. The summed E-state index contributed by atoms with van der Waals surface area (Å²) in [5, 5.41) is 12.7. The minimum atomic E-state index is -0.388. The quantitative estimate of drug-likeness (QED) is 0.594. The first-order valence-corrected chi connectivity index (χ1v) is 10.7. The number of pyridine rings is 1. The molecule has 0 aliphatic carbocycles. The molecule has 2 N–H and O–H groups in total. The summed E-state index contributed by atoms with van der Waals surface area (Å²) in [6, 6.07) is 10.4. The van der Waals surface area contributed by atoms with Crippen LogP contribution in [0.2, 0.25) is 5.02 Å². The van der Waals surface area contributed by atoms with Crippen LogP contribution in [0.15, 0.2) is 55.0 Å². The van der Waals surface area contributed by atoms with Crippen molar-refractivity contribution in [3.8, 4) is 17.1 Å². The topological polar surface area (TPSA) is 108 Å². The predicted molar refractivity (Wildman–Crippen MR) is 119 cm³/mol. The van der Waals surface area contributed by atoms with Crippen LogP contribution in [0.3, 0.4) is 0 Å². The van der Waals surface area contributed by atoms with Gasteiger partial charge in [-0.1, -0.05) is 23.7 Å². The third-order valence-corrected chi connectivity index (χ3v) is 5.52. The maximum atomic E-state index is 12.9. The molecule has 1 aromatic carbocycles. The van der Waals surface area contributed by atoms with Crippen LogP contribution < -0.4 is 5.32 Å². The third kappa shape index (κ3) is 5.03. The summed E-state index contributed by atoms with van der Waals surface area (Å²) in [5.41, 5.74) is 1.85. The second-order valence-electron chi connectivity index (χ2n) is 7.50. The van der Waals surface area contributed by atoms with Crippen molar-refractivity contribution in [3.05, 3.63) is 71.3 Å². The van der Waals surface area contributed by atoms with E-state index >= 15 is 0 Å². The van der Waals surface area contributed by atoms with E-state index in [9.17, 15) is 14.7 Å². The van der Waals surface area contributed by atoms with Crippen LogP contribution in [0, 0.1) is 0 Å². The molecule has 9 heteroatoms. The number of hydrogen-bond donors (Lipinski definition) is 2. The molecule has 0 saturated carbocycles. The van der Waals surface area contributed by atoms with Gasteiger partial charge in [0.15, 0.2) is 5.82 Å². The molecule has 0 bridgehead atoms. The van der Waals surface area contributed by atoms with Crippen LogP contribution >= 0.6 is 11.6 Å². The van der Waals surface area contributed by atoms with Gasteiger partial charge in [-0.05, 0) is 37.1 Å². The molecule has 8 nitrogen and oxygen atoms in total. The second kappa shape index (κ2) is 9.74. The second-order valence-corrected chi connectivity index (χ2v) is 7.93. The van der Waals surface area contributed by atoms with E-state index in [2.05, 4.69) is 15.3 Å². The molecule has 32 heavy (non-hydrogen) atoms. The Bertz CT molecular complexity index is 1140. The highest BCUT2D eigenvalue weighted by Gasteiger charge is 2.31. The molecule has 3 heterocycles. The van der Waals surface area contributed by atoms with Crippen LogP contribution in [-0.2, 0) is 4.79 Å². The first kappa shape index (κ1) is 21.7. The summed E-state index contributed by atoms with van der Waals surface area (Å²) < 4.78 is 0. The van der Waals surface area contributed by atoms with Crippen molar-refractivity contribution in [2.24, 2.45) is 0 Å². The lowest BCUT2D eigenvalue weighted by Gasteiger charge is -2.24. The highest BCUT2D eigenvalue weighted by Crippen LogP contribution is 2.32. The molecule has 0 spiro atoms. The SMILES string of the molecule is O=C(NCCC(=O)N1CCCC1c1ccnc(-c2cccc(Cl)c2)n1)c1cncc(O)c1. The molecule has 2 amide bonds. The Balaban J connectivity index is 1.39. The lowest BCUT2D eigenvalue weighted by Crippen LogP contribution is -2.34. The van der Waals surface area contributed by atoms with E-state index in [0.29, 0.717) is 17.4 Å². The number of aromatic hydroxyl groups is 1. The van der Waals surface area contributed by atoms with Crippen LogP contribution in [0.25, 0.3) is 11.4 Å². The maximum Gasteiger partial charge on any atom is 0.252 e. The number of aromatic nitrogens is 3. The smallest absolute Gasteiger partial charge is 0.252 e. The predicted octanol–water partition coefficient (Wildman–Crippen LogP) is 3.38. The number of nitrogens with one attached hydrogen (secondary N) is 1. The Hall–Kier alpha value is -3.52. The van der Waals surface area contributed by atoms with E-state index in [1.165, 1.54) is 18.5 Å². The van der Waals surface area contributed by atoms with Gasteiger partial charge in [-0.25, -0.2) is 9.97 Å². The molecule has 1 saturated heterocycles. The molecular formula is C23H22ClN5O3. The van der Waals surface area contributed by atoms with Gasteiger partial charge in [0.2, 0.25) is 5.91 Å². The van der Waals surface area contributed by atoms with Crippen molar-refractivity contribution in [2.45, 2.75) is 25.3 Å². The van der Waals surface area contributed by atoms with E-state index in [-0.39, 0.29) is 42.1 Å². The molecule has 164 valence electrons. The van der Waals surface area contributed by atoms with Gasteiger partial charge < -0.3 is 15.3 Å². The van der Waals surface area contributed by atoms with Crippen molar-refractivity contribution in [1.82, 2.24) is 25.2 Å². The fraction of sp³-hybridized carbons (Fsp3) is 0.261. The number of nitrogens with zero attached hydrogens (tertiary/aromatic N) is 4. The molecule has 1 unspecified atom stereocenters. The van der Waals surface area contributed by atoms with Gasteiger partial charge in [0.25, 0.3) is 5.91 Å². The summed E-state index contributed by atoms with van der Waals surface area (Å²) in [6.07, 6.45) is 6.18. The van der Waals surface area contributed by atoms with Gasteiger partial charge in [0, 0.05) is 42.5 Å². The molecule has 0 radical (unpaired) electrons. The van der Waals surface area contributed by atoms with Gasteiger partial charge in [0.05, 0.1) is 23.5 Å². The van der Waals surface area contributed by atoms with E-state index in [1.807, 2.05) is 29.2 Å².